The zero-order valence-electron chi connectivity index (χ0n) is 13.8. The number of β-lactam (4-membered cyclic amide) rings is 1. The number of hydrogen-bond donors (Lipinski definition) is 4. The van der Waals surface area contributed by atoms with Crippen molar-refractivity contribution in [3.63, 3.8) is 0 Å². The van der Waals surface area contributed by atoms with Crippen molar-refractivity contribution >= 4 is 27.9 Å². The first-order chi connectivity index (χ1) is 12.3. The Hall–Kier alpha value is -2.19. The average molecular weight is 415 g/mol. The molecule has 14 heteroatoms. The first-order valence-corrected chi connectivity index (χ1v) is 9.42. The first kappa shape index (κ1) is 21.1. The van der Waals surface area contributed by atoms with E-state index in [1.165, 1.54) is 4.90 Å². The molecule has 1 amide bonds. The van der Waals surface area contributed by atoms with Crippen LogP contribution in [0.15, 0.2) is 11.3 Å². The van der Waals surface area contributed by atoms with Gasteiger partial charge in [0.15, 0.2) is 0 Å². The second kappa shape index (κ2) is 7.09. The summed E-state index contributed by atoms with van der Waals surface area (Å²) in [5, 5.41) is 19.5. The van der Waals surface area contributed by atoms with Crippen molar-refractivity contribution in [3.8, 4) is 0 Å². The fraction of sp³-hybridized carbons (Fsp3) is 0.615. The normalized spacial score (nSPS) is 26.7. The van der Waals surface area contributed by atoms with Gasteiger partial charge in [-0.2, -0.15) is 13.2 Å². The quantitative estimate of drug-likeness (QED) is 0.414. The topological polar surface area (TPSA) is 153 Å². The number of carbonyl (C=O) groups excluding carboxylic acids is 1. The highest BCUT2D eigenvalue weighted by Gasteiger charge is 2.60. The minimum atomic E-state index is -5.08. The molecule has 2 saturated heterocycles. The van der Waals surface area contributed by atoms with Crippen molar-refractivity contribution in [2.45, 2.75) is 24.7 Å². The number of alkyl halides is 3. The van der Waals surface area contributed by atoms with E-state index in [-0.39, 0.29) is 36.2 Å². The Morgan fingerprint density at radius 1 is 1.33 bits per heavy atom. The van der Waals surface area contributed by atoms with Crippen molar-refractivity contribution in [2.75, 3.05) is 19.3 Å². The summed E-state index contributed by atoms with van der Waals surface area (Å²) in [7, 11) is -3.41. The third-order valence-electron chi connectivity index (χ3n) is 4.34. The number of carboxylic acids is 2. The summed E-state index contributed by atoms with van der Waals surface area (Å²) in [5.41, 5.74) is 0.450. The van der Waals surface area contributed by atoms with Gasteiger partial charge in [0, 0.05) is 12.5 Å². The minimum absolute atomic E-state index is 0.0545. The lowest BCUT2D eigenvalue weighted by Gasteiger charge is -2.48. The third kappa shape index (κ3) is 4.22. The largest absolute Gasteiger partial charge is 0.490 e. The molecular formula is C13H16F3N3O7S. The maximum absolute atomic E-state index is 11.9. The van der Waals surface area contributed by atoms with E-state index in [1.54, 1.807) is 0 Å². The molecule has 27 heavy (non-hydrogen) atoms. The Morgan fingerprint density at radius 3 is 2.33 bits per heavy atom. The Kier molecular flexibility index (Phi) is 5.54. The van der Waals surface area contributed by atoms with Gasteiger partial charge in [-0.15, -0.1) is 0 Å². The Labute approximate surface area is 151 Å². The molecule has 3 aliphatic rings. The van der Waals surface area contributed by atoms with Gasteiger partial charge in [-0.1, -0.05) is 0 Å². The predicted molar refractivity (Wildman–Crippen MR) is 81.7 cm³/mol. The van der Waals surface area contributed by atoms with Crippen molar-refractivity contribution in [2.24, 2.45) is 5.92 Å². The Balaban J connectivity index is 0.000000321. The van der Waals surface area contributed by atoms with Gasteiger partial charge in [-0.3, -0.25) is 9.69 Å². The lowest BCUT2D eigenvalue weighted by molar-refractivity contribution is -0.192. The highest BCUT2D eigenvalue weighted by molar-refractivity contribution is 7.88. The summed E-state index contributed by atoms with van der Waals surface area (Å²) in [6, 6.07) is -0.516. The molecule has 0 aromatic carbocycles. The van der Waals surface area contributed by atoms with Crippen LogP contribution >= 0.6 is 0 Å². The van der Waals surface area contributed by atoms with Gasteiger partial charge in [-0.05, 0) is 18.5 Å². The highest BCUT2D eigenvalue weighted by Crippen LogP contribution is 2.45. The van der Waals surface area contributed by atoms with Crippen molar-refractivity contribution in [3.05, 3.63) is 11.3 Å². The van der Waals surface area contributed by atoms with E-state index < -0.39 is 28.1 Å². The molecule has 3 aliphatic heterocycles. The van der Waals surface area contributed by atoms with Crippen molar-refractivity contribution in [1.82, 2.24) is 14.9 Å². The smallest absolute Gasteiger partial charge is 0.477 e. The number of amides is 1. The van der Waals surface area contributed by atoms with Crippen LogP contribution in [0.1, 0.15) is 6.42 Å². The summed E-state index contributed by atoms with van der Waals surface area (Å²) in [4.78, 5) is 33.5. The van der Waals surface area contributed by atoms with E-state index >= 15 is 0 Å². The van der Waals surface area contributed by atoms with Crippen LogP contribution in [0.3, 0.4) is 0 Å². The number of nitrogens with zero attached hydrogens (tertiary/aromatic N) is 1. The zero-order chi connectivity index (χ0) is 20.7. The second-order valence-corrected chi connectivity index (χ2v) is 7.93. The van der Waals surface area contributed by atoms with Gasteiger partial charge in [0.05, 0.1) is 12.3 Å². The molecule has 0 bridgehead atoms. The first-order valence-electron chi connectivity index (χ1n) is 7.53. The van der Waals surface area contributed by atoms with E-state index in [2.05, 4.69) is 10.0 Å². The standard InChI is InChI=1S/C11H15N3O5S.C2HF3O2/c1-20(18,19)13-4-6-5-2-3-12-7-8(5)14(10(7)15)9(6)11(16)17;3-2(4,5)1(6)7/h5,7-8,12-13H,2-4H2,1H3,(H,16,17);(H,6,7)/t5?,7-,8+;/m0./s1. The lowest BCUT2D eigenvalue weighted by atomic mass is 9.79. The number of sulfonamides is 1. The number of nitrogens with one attached hydrogen (secondary N) is 2. The number of rotatable bonds is 4. The van der Waals surface area contributed by atoms with E-state index in [0.717, 1.165) is 6.26 Å². The molecular weight excluding hydrogens is 399 g/mol. The zero-order valence-corrected chi connectivity index (χ0v) is 14.6. The van der Waals surface area contributed by atoms with Crippen molar-refractivity contribution < 1.29 is 46.2 Å². The maximum atomic E-state index is 11.9. The summed E-state index contributed by atoms with van der Waals surface area (Å²) < 4.78 is 56.5. The molecule has 0 aromatic heterocycles. The number of carbonyl (C=O) groups is 3. The molecule has 3 rings (SSSR count). The minimum Gasteiger partial charge on any atom is -0.477 e. The van der Waals surface area contributed by atoms with E-state index in [9.17, 15) is 36.3 Å². The molecule has 0 aliphatic carbocycles. The fourth-order valence-electron chi connectivity index (χ4n) is 3.33. The second-order valence-electron chi connectivity index (χ2n) is 6.10. The highest BCUT2D eigenvalue weighted by atomic mass is 32.2. The maximum Gasteiger partial charge on any atom is 0.490 e. The molecule has 0 aromatic rings. The van der Waals surface area contributed by atoms with Crippen molar-refractivity contribution in [1.29, 1.82) is 0 Å². The van der Waals surface area contributed by atoms with Crippen LogP contribution in [0.25, 0.3) is 0 Å². The molecule has 3 atom stereocenters. The van der Waals surface area contributed by atoms with E-state index in [0.29, 0.717) is 18.5 Å². The monoisotopic (exact) mass is 415 g/mol. The fourth-order valence-corrected chi connectivity index (χ4v) is 3.75. The number of hydrogen-bond acceptors (Lipinski definition) is 6. The van der Waals surface area contributed by atoms with Gasteiger partial charge in [-0.25, -0.2) is 22.7 Å². The van der Waals surface area contributed by atoms with Gasteiger partial charge in [0.1, 0.15) is 11.7 Å². The molecule has 10 nitrogen and oxygen atoms in total. The summed E-state index contributed by atoms with van der Waals surface area (Å²) >= 11 is 0. The summed E-state index contributed by atoms with van der Waals surface area (Å²) in [5.74, 6) is -4.27. The third-order valence-corrected chi connectivity index (χ3v) is 5.01. The van der Waals surface area contributed by atoms with Gasteiger partial charge < -0.3 is 15.5 Å². The Bertz CT molecular complexity index is 808. The van der Waals surface area contributed by atoms with Crippen LogP contribution in [-0.4, -0.2) is 79.0 Å². The SMILES string of the molecule is CS(=O)(=O)NCC1=C(C(=O)O)N2C(=O)[C@H]3NCCC1[C@H]32.O=C(O)C(F)(F)F. The van der Waals surface area contributed by atoms with Crippen LogP contribution in [0.2, 0.25) is 0 Å². The number of aliphatic carboxylic acids is 2. The molecule has 0 saturated carbocycles. The van der Waals surface area contributed by atoms with Crippen LogP contribution in [0.5, 0.6) is 0 Å². The molecule has 0 radical (unpaired) electrons. The average Bonchev–Trinajstić information content (AvgIpc) is 2.85. The lowest BCUT2D eigenvalue weighted by Crippen LogP contribution is -2.72. The predicted octanol–water partition coefficient (Wildman–Crippen LogP) is -1.29. The van der Waals surface area contributed by atoms with Crippen LogP contribution in [-0.2, 0) is 24.4 Å². The number of carboxylic acid groups (broad SMARTS) is 2. The van der Waals surface area contributed by atoms with Gasteiger partial charge in [0.2, 0.25) is 15.9 Å². The van der Waals surface area contributed by atoms with E-state index in [4.69, 9.17) is 9.90 Å². The molecule has 3 heterocycles. The number of halogens is 3. The number of piperidine rings is 1. The van der Waals surface area contributed by atoms with Crippen LogP contribution in [0.4, 0.5) is 13.2 Å². The molecule has 0 spiro atoms. The Morgan fingerprint density at radius 2 is 1.89 bits per heavy atom. The van der Waals surface area contributed by atoms with E-state index in [1.807, 2.05) is 0 Å². The molecule has 4 N–H and O–H groups in total. The summed E-state index contributed by atoms with van der Waals surface area (Å²) in [6.07, 6.45) is -3.36. The molecule has 1 unspecified atom stereocenters. The van der Waals surface area contributed by atoms with Gasteiger partial charge >= 0.3 is 18.1 Å². The molecule has 152 valence electrons. The van der Waals surface area contributed by atoms with Gasteiger partial charge in [0.25, 0.3) is 0 Å². The van der Waals surface area contributed by atoms with Crippen LogP contribution < -0.4 is 10.0 Å². The van der Waals surface area contributed by atoms with Crippen LogP contribution in [0, 0.1) is 5.92 Å². The summed E-state index contributed by atoms with van der Waals surface area (Å²) in [6.45, 7) is 0.568. The molecule has 2 fully saturated rings.